The van der Waals surface area contributed by atoms with Crippen LogP contribution in [-0.4, -0.2) is 54.2 Å². The molecule has 0 unspecified atom stereocenters. The third-order valence-corrected chi connectivity index (χ3v) is 6.37. The third-order valence-electron chi connectivity index (χ3n) is 5.48. The summed E-state index contributed by atoms with van der Waals surface area (Å²) in [6.07, 6.45) is 5.59. The van der Waals surface area contributed by atoms with E-state index in [4.69, 9.17) is 4.98 Å². The van der Waals surface area contributed by atoms with Crippen LogP contribution in [0.1, 0.15) is 12.0 Å². The maximum Gasteiger partial charge on any atom is 0.258 e. The van der Waals surface area contributed by atoms with E-state index in [0.717, 1.165) is 22.0 Å². The predicted molar refractivity (Wildman–Crippen MR) is 121 cm³/mol. The van der Waals surface area contributed by atoms with E-state index >= 15 is 0 Å². The molecule has 0 saturated carbocycles. The van der Waals surface area contributed by atoms with Crippen molar-refractivity contribution in [3.63, 3.8) is 0 Å². The number of likely N-dealkylation sites (tertiary alicyclic amines) is 1. The zero-order chi connectivity index (χ0) is 22.3. The average Bonchev–Trinajstić information content (AvgIpc) is 3.52. The molecule has 0 bridgehead atoms. The first-order chi connectivity index (χ1) is 15.4. The molecule has 2 N–H and O–H groups in total. The molecule has 3 aromatic heterocycles. The quantitative estimate of drug-likeness (QED) is 0.484. The van der Waals surface area contributed by atoms with Gasteiger partial charge in [-0.2, -0.15) is 5.10 Å². The van der Waals surface area contributed by atoms with E-state index in [1.54, 1.807) is 41.2 Å². The summed E-state index contributed by atoms with van der Waals surface area (Å²) in [4.78, 5) is 27.6. The van der Waals surface area contributed by atoms with E-state index in [-0.39, 0.29) is 5.91 Å². The number of anilines is 2. The summed E-state index contributed by atoms with van der Waals surface area (Å²) in [5.74, 6) is 0.183. The minimum Gasteiger partial charge on any atom is -0.375 e. The third kappa shape index (κ3) is 3.63. The van der Waals surface area contributed by atoms with Gasteiger partial charge in [-0.25, -0.2) is 15.0 Å². The summed E-state index contributed by atoms with van der Waals surface area (Å²) in [7, 11) is 3.55. The van der Waals surface area contributed by atoms with Gasteiger partial charge >= 0.3 is 0 Å². The Morgan fingerprint density at radius 2 is 2.06 bits per heavy atom. The highest BCUT2D eigenvalue weighted by Gasteiger charge is 2.45. The number of amides is 1. The zero-order valence-corrected chi connectivity index (χ0v) is 18.4. The molecule has 9 nitrogen and oxygen atoms in total. The Labute approximate surface area is 188 Å². The summed E-state index contributed by atoms with van der Waals surface area (Å²) >= 11 is 1.48. The number of nitrogens with one attached hydrogen (secondary N) is 1. The lowest BCUT2D eigenvalue weighted by Crippen LogP contribution is -2.36. The fraction of sp³-hybridized carbons (Fsp3) is 0.227. The van der Waals surface area contributed by atoms with Crippen LogP contribution in [0.2, 0.25) is 0 Å². The predicted octanol–water partition coefficient (Wildman–Crippen LogP) is 2.79. The second kappa shape index (κ2) is 7.81. The van der Waals surface area contributed by atoms with Gasteiger partial charge in [-0.3, -0.25) is 9.48 Å². The van der Waals surface area contributed by atoms with E-state index in [1.807, 2.05) is 36.8 Å². The van der Waals surface area contributed by atoms with Gasteiger partial charge in [0, 0.05) is 50.4 Å². The first-order valence-electron chi connectivity index (χ1n) is 10.1. The maximum absolute atomic E-state index is 12.5. The Morgan fingerprint density at radius 1 is 1.19 bits per heavy atom. The number of aliphatic hydroxyl groups is 1. The van der Waals surface area contributed by atoms with Gasteiger partial charge in [0.15, 0.2) is 5.60 Å². The molecule has 1 amide bonds. The maximum atomic E-state index is 12.5. The van der Waals surface area contributed by atoms with Gasteiger partial charge in [0.25, 0.3) is 5.91 Å². The molecule has 0 radical (unpaired) electrons. The molecular formula is C22H21N7O2S. The largest absolute Gasteiger partial charge is 0.375 e. The first-order valence-corrected chi connectivity index (χ1v) is 10.9. The van der Waals surface area contributed by atoms with Crippen LogP contribution in [0.5, 0.6) is 0 Å². The van der Waals surface area contributed by atoms with Crippen LogP contribution in [0.3, 0.4) is 0 Å². The lowest BCUT2D eigenvalue weighted by molar-refractivity contribution is -0.143. The van der Waals surface area contributed by atoms with Crippen molar-refractivity contribution in [1.29, 1.82) is 0 Å². The van der Waals surface area contributed by atoms with Gasteiger partial charge in [-0.05, 0) is 17.7 Å². The molecule has 5 rings (SSSR count). The summed E-state index contributed by atoms with van der Waals surface area (Å²) in [6, 6.07) is 9.20. The molecule has 1 atom stereocenters. The number of rotatable bonds is 5. The highest BCUT2D eigenvalue weighted by atomic mass is 32.1. The van der Waals surface area contributed by atoms with Crippen LogP contribution in [0.4, 0.5) is 11.6 Å². The number of carbonyl (C=O) groups is 1. The van der Waals surface area contributed by atoms with Crippen LogP contribution in [0.25, 0.3) is 22.0 Å². The van der Waals surface area contributed by atoms with Gasteiger partial charge in [0.1, 0.15) is 10.7 Å². The number of aryl methyl sites for hydroxylation is 1. The van der Waals surface area contributed by atoms with E-state index in [1.165, 1.54) is 11.3 Å². The standard InChI is InChI=1S/C22H21N7O2S/c1-28-9-7-22(31,20(28)30)15-5-3-4-14(10-15)19-26-18(13-32-19)17-6-8-23-21(27-17)25-16-11-24-29(2)12-16/h3-6,8,10-13,31H,7,9H2,1-2H3,(H,23,25,27)/t22-/m1/s1. The van der Waals surface area contributed by atoms with Crippen LogP contribution in [0, 0.1) is 0 Å². The topological polar surface area (TPSA) is 109 Å². The van der Waals surface area contributed by atoms with Crippen molar-refractivity contribution in [2.45, 2.75) is 12.0 Å². The molecule has 162 valence electrons. The minimum absolute atomic E-state index is 0.274. The number of carbonyl (C=O) groups excluding carboxylic acids is 1. The normalized spacial score (nSPS) is 18.3. The van der Waals surface area contributed by atoms with Crippen LogP contribution in [0.15, 0.2) is 54.3 Å². The summed E-state index contributed by atoms with van der Waals surface area (Å²) < 4.78 is 1.70. The van der Waals surface area contributed by atoms with E-state index in [0.29, 0.717) is 30.2 Å². The Kier molecular flexibility index (Phi) is 4.95. The molecule has 0 aliphatic carbocycles. The van der Waals surface area contributed by atoms with Crippen molar-refractivity contribution in [1.82, 2.24) is 29.6 Å². The van der Waals surface area contributed by atoms with Crippen molar-refractivity contribution in [3.05, 3.63) is 59.9 Å². The second-order valence-electron chi connectivity index (χ2n) is 7.75. The molecule has 1 aromatic carbocycles. The van der Waals surface area contributed by atoms with Gasteiger partial charge in [-0.15, -0.1) is 11.3 Å². The number of aromatic nitrogens is 5. The fourth-order valence-corrected chi connectivity index (χ4v) is 4.54. The van der Waals surface area contributed by atoms with Crippen LogP contribution < -0.4 is 5.32 Å². The summed E-state index contributed by atoms with van der Waals surface area (Å²) in [5, 5.41) is 20.9. The zero-order valence-electron chi connectivity index (χ0n) is 17.6. The highest BCUT2D eigenvalue weighted by Crippen LogP contribution is 2.36. The molecule has 0 spiro atoms. The van der Waals surface area contributed by atoms with E-state index < -0.39 is 5.60 Å². The molecule has 1 aliphatic heterocycles. The van der Waals surface area contributed by atoms with Crippen molar-refractivity contribution in [2.75, 3.05) is 18.9 Å². The molecule has 4 aromatic rings. The van der Waals surface area contributed by atoms with E-state index in [9.17, 15) is 9.90 Å². The molecular weight excluding hydrogens is 426 g/mol. The SMILES string of the molecule is CN1CC[C@@](O)(c2cccc(-c3nc(-c4ccnc(Nc5cnn(C)c5)n4)cs3)c2)C1=O. The smallest absolute Gasteiger partial charge is 0.258 e. The Morgan fingerprint density at radius 3 is 2.81 bits per heavy atom. The fourth-order valence-electron chi connectivity index (χ4n) is 3.73. The molecule has 32 heavy (non-hydrogen) atoms. The number of benzene rings is 1. The molecule has 10 heteroatoms. The second-order valence-corrected chi connectivity index (χ2v) is 8.61. The highest BCUT2D eigenvalue weighted by molar-refractivity contribution is 7.13. The summed E-state index contributed by atoms with van der Waals surface area (Å²) in [6.45, 7) is 0.532. The van der Waals surface area contributed by atoms with Crippen molar-refractivity contribution in [3.8, 4) is 22.0 Å². The van der Waals surface area contributed by atoms with Crippen LogP contribution in [-0.2, 0) is 17.4 Å². The number of hydrogen-bond donors (Lipinski definition) is 2. The molecule has 1 saturated heterocycles. The number of thiazole rings is 1. The number of likely N-dealkylation sites (N-methyl/N-ethyl adjacent to an activating group) is 1. The van der Waals surface area contributed by atoms with E-state index in [2.05, 4.69) is 20.4 Å². The Bertz CT molecular complexity index is 1300. The van der Waals surface area contributed by atoms with Crippen molar-refractivity contribution < 1.29 is 9.90 Å². The summed E-state index contributed by atoms with van der Waals surface area (Å²) in [5.41, 5.74) is 2.16. The molecule has 4 heterocycles. The van der Waals surface area contributed by atoms with Crippen LogP contribution >= 0.6 is 11.3 Å². The lowest BCUT2D eigenvalue weighted by atomic mass is 9.91. The van der Waals surface area contributed by atoms with Gasteiger partial charge in [0.05, 0.1) is 17.6 Å². The minimum atomic E-state index is -1.48. The van der Waals surface area contributed by atoms with Gasteiger partial charge in [-0.1, -0.05) is 18.2 Å². The van der Waals surface area contributed by atoms with Gasteiger partial charge < -0.3 is 15.3 Å². The number of nitrogens with zero attached hydrogens (tertiary/aromatic N) is 6. The first kappa shape index (κ1) is 20.3. The monoisotopic (exact) mass is 447 g/mol. The molecule has 1 fully saturated rings. The van der Waals surface area contributed by atoms with Crippen molar-refractivity contribution in [2.24, 2.45) is 7.05 Å². The molecule has 1 aliphatic rings. The Hall–Kier alpha value is -3.63. The Balaban J connectivity index is 1.41. The average molecular weight is 448 g/mol. The lowest BCUT2D eigenvalue weighted by Gasteiger charge is -2.21. The number of hydrogen-bond acceptors (Lipinski definition) is 8. The van der Waals surface area contributed by atoms with Gasteiger partial charge in [0.2, 0.25) is 5.95 Å². The van der Waals surface area contributed by atoms with Crippen molar-refractivity contribution >= 4 is 28.9 Å².